The van der Waals surface area contributed by atoms with Gasteiger partial charge in [0, 0.05) is 17.5 Å². The first-order chi connectivity index (χ1) is 10.1. The minimum atomic E-state index is -0.413. The van der Waals surface area contributed by atoms with Gasteiger partial charge in [-0.1, -0.05) is 12.8 Å². The van der Waals surface area contributed by atoms with Crippen LogP contribution in [0.25, 0.3) is 10.9 Å². The molecule has 6 heteroatoms. The van der Waals surface area contributed by atoms with Gasteiger partial charge in [-0.2, -0.15) is 0 Å². The van der Waals surface area contributed by atoms with Gasteiger partial charge in [0.2, 0.25) is 0 Å². The first kappa shape index (κ1) is 13.8. The molecular formula is C15H17N3O3. The molecule has 21 heavy (non-hydrogen) atoms. The molecule has 2 N–H and O–H groups in total. The number of aromatic nitrogens is 1. The van der Waals surface area contributed by atoms with Gasteiger partial charge in [-0.3, -0.25) is 10.1 Å². The lowest BCUT2D eigenvalue weighted by Gasteiger charge is -2.28. The SMILES string of the molecule is O=[N+]([O-])c1ccc2nc(N[C@H]3CCCC[C@@H]3O)ccc2c1. The molecule has 1 fully saturated rings. The highest BCUT2D eigenvalue weighted by Gasteiger charge is 2.23. The largest absolute Gasteiger partial charge is 0.391 e. The molecule has 0 amide bonds. The van der Waals surface area contributed by atoms with Crippen LogP contribution in [-0.2, 0) is 0 Å². The van der Waals surface area contributed by atoms with E-state index in [1.54, 1.807) is 12.1 Å². The van der Waals surface area contributed by atoms with Crippen LogP contribution in [0.5, 0.6) is 0 Å². The van der Waals surface area contributed by atoms with Crippen molar-refractivity contribution in [1.29, 1.82) is 0 Å². The van der Waals surface area contributed by atoms with Gasteiger partial charge in [0.1, 0.15) is 5.82 Å². The first-order valence-electron chi connectivity index (χ1n) is 7.13. The summed E-state index contributed by atoms with van der Waals surface area (Å²) in [5.41, 5.74) is 0.767. The van der Waals surface area contributed by atoms with E-state index < -0.39 is 4.92 Å². The normalized spacial score (nSPS) is 22.1. The zero-order chi connectivity index (χ0) is 14.8. The number of pyridine rings is 1. The second-order valence-corrected chi connectivity index (χ2v) is 5.43. The van der Waals surface area contributed by atoms with Gasteiger partial charge < -0.3 is 10.4 Å². The third-order valence-corrected chi connectivity index (χ3v) is 3.95. The Bertz CT molecular complexity index is 674. The number of hydrogen-bond acceptors (Lipinski definition) is 5. The number of non-ortho nitro benzene ring substituents is 1. The molecule has 0 saturated heterocycles. The van der Waals surface area contributed by atoms with Crippen LogP contribution in [0.4, 0.5) is 11.5 Å². The summed E-state index contributed by atoms with van der Waals surface area (Å²) in [7, 11) is 0. The molecule has 0 radical (unpaired) electrons. The molecule has 1 aliphatic carbocycles. The molecule has 0 bridgehead atoms. The lowest BCUT2D eigenvalue weighted by atomic mass is 9.92. The Morgan fingerprint density at radius 1 is 1.24 bits per heavy atom. The number of anilines is 1. The summed E-state index contributed by atoms with van der Waals surface area (Å²) in [6, 6.07) is 8.26. The van der Waals surface area contributed by atoms with E-state index in [4.69, 9.17) is 0 Å². The van der Waals surface area contributed by atoms with Crippen molar-refractivity contribution in [2.75, 3.05) is 5.32 Å². The van der Waals surface area contributed by atoms with E-state index in [9.17, 15) is 15.2 Å². The summed E-state index contributed by atoms with van der Waals surface area (Å²) in [5.74, 6) is 0.697. The zero-order valence-corrected chi connectivity index (χ0v) is 11.5. The van der Waals surface area contributed by atoms with Gasteiger partial charge in [0.15, 0.2) is 0 Å². The average molecular weight is 287 g/mol. The first-order valence-corrected chi connectivity index (χ1v) is 7.13. The summed E-state index contributed by atoms with van der Waals surface area (Å²) in [6.07, 6.45) is 3.58. The quantitative estimate of drug-likeness (QED) is 0.669. The fraction of sp³-hybridized carbons (Fsp3) is 0.400. The molecule has 2 aromatic rings. The number of rotatable bonds is 3. The number of nitro benzene ring substituents is 1. The summed E-state index contributed by atoms with van der Waals surface area (Å²) in [5, 5.41) is 24.7. The molecule has 0 unspecified atom stereocenters. The molecule has 1 aromatic heterocycles. The minimum Gasteiger partial charge on any atom is -0.391 e. The van der Waals surface area contributed by atoms with Crippen LogP contribution in [0.15, 0.2) is 30.3 Å². The smallest absolute Gasteiger partial charge is 0.270 e. The second kappa shape index (κ2) is 5.65. The van der Waals surface area contributed by atoms with Crippen molar-refractivity contribution in [3.8, 4) is 0 Å². The molecule has 1 aliphatic rings. The Hall–Kier alpha value is -2.21. The van der Waals surface area contributed by atoms with Crippen molar-refractivity contribution in [1.82, 2.24) is 4.98 Å². The maximum Gasteiger partial charge on any atom is 0.270 e. The maximum atomic E-state index is 10.8. The number of hydrogen-bond donors (Lipinski definition) is 2. The number of nitrogens with one attached hydrogen (secondary N) is 1. The van der Waals surface area contributed by atoms with Crippen molar-refractivity contribution < 1.29 is 10.0 Å². The van der Waals surface area contributed by atoms with Gasteiger partial charge in [0.25, 0.3) is 5.69 Å². The van der Waals surface area contributed by atoms with Crippen molar-refractivity contribution in [3.63, 3.8) is 0 Å². The van der Waals surface area contributed by atoms with Gasteiger partial charge in [-0.15, -0.1) is 0 Å². The Morgan fingerprint density at radius 3 is 2.81 bits per heavy atom. The monoisotopic (exact) mass is 287 g/mol. The van der Waals surface area contributed by atoms with Crippen molar-refractivity contribution in [3.05, 3.63) is 40.4 Å². The van der Waals surface area contributed by atoms with E-state index in [0.717, 1.165) is 31.1 Å². The minimum absolute atomic E-state index is 0.0294. The van der Waals surface area contributed by atoms with E-state index in [1.807, 2.05) is 6.07 Å². The third kappa shape index (κ3) is 2.95. The standard InChI is InChI=1S/C15H17N3O3/c19-14-4-2-1-3-13(14)17-15-8-5-10-9-11(18(20)21)6-7-12(10)16-15/h5-9,13-14,19H,1-4H2,(H,16,17)/t13-,14-/m0/s1. The molecule has 0 aliphatic heterocycles. The highest BCUT2D eigenvalue weighted by atomic mass is 16.6. The number of benzene rings is 1. The number of nitrogens with zero attached hydrogens (tertiary/aromatic N) is 2. The Balaban J connectivity index is 1.84. The van der Waals surface area contributed by atoms with Gasteiger partial charge in [-0.05, 0) is 31.0 Å². The van der Waals surface area contributed by atoms with Crippen LogP contribution < -0.4 is 5.32 Å². The third-order valence-electron chi connectivity index (χ3n) is 3.95. The molecule has 6 nitrogen and oxygen atoms in total. The summed E-state index contributed by atoms with van der Waals surface area (Å²) in [4.78, 5) is 14.8. The number of aliphatic hydroxyl groups is 1. The van der Waals surface area contributed by atoms with Crippen LogP contribution in [0.2, 0.25) is 0 Å². The average Bonchev–Trinajstić information content (AvgIpc) is 2.49. The molecular weight excluding hydrogens is 270 g/mol. The molecule has 0 spiro atoms. The van der Waals surface area contributed by atoms with E-state index in [1.165, 1.54) is 12.1 Å². The summed E-state index contributed by atoms with van der Waals surface area (Å²) < 4.78 is 0. The van der Waals surface area contributed by atoms with E-state index in [-0.39, 0.29) is 17.8 Å². The number of fused-ring (bicyclic) bond motifs is 1. The number of aliphatic hydroxyl groups excluding tert-OH is 1. The van der Waals surface area contributed by atoms with Crippen molar-refractivity contribution >= 4 is 22.4 Å². The van der Waals surface area contributed by atoms with Gasteiger partial charge in [0.05, 0.1) is 22.6 Å². The van der Waals surface area contributed by atoms with Crippen LogP contribution >= 0.6 is 0 Å². The highest BCUT2D eigenvalue weighted by molar-refractivity contribution is 5.82. The maximum absolute atomic E-state index is 10.8. The molecule has 110 valence electrons. The zero-order valence-electron chi connectivity index (χ0n) is 11.5. The van der Waals surface area contributed by atoms with E-state index >= 15 is 0 Å². The predicted molar refractivity (Wildman–Crippen MR) is 80.3 cm³/mol. The van der Waals surface area contributed by atoms with Crippen LogP contribution in [0.3, 0.4) is 0 Å². The van der Waals surface area contributed by atoms with Crippen LogP contribution in [0.1, 0.15) is 25.7 Å². The summed E-state index contributed by atoms with van der Waals surface area (Å²) >= 11 is 0. The van der Waals surface area contributed by atoms with Crippen molar-refractivity contribution in [2.24, 2.45) is 0 Å². The van der Waals surface area contributed by atoms with E-state index in [0.29, 0.717) is 11.3 Å². The Labute approximate surface area is 122 Å². The molecule has 3 rings (SSSR count). The Morgan fingerprint density at radius 2 is 2.05 bits per heavy atom. The van der Waals surface area contributed by atoms with Gasteiger partial charge in [-0.25, -0.2) is 4.98 Å². The lowest BCUT2D eigenvalue weighted by Crippen LogP contribution is -2.36. The van der Waals surface area contributed by atoms with Crippen molar-refractivity contribution in [2.45, 2.75) is 37.8 Å². The van der Waals surface area contributed by atoms with Crippen LogP contribution in [-0.4, -0.2) is 27.2 Å². The highest BCUT2D eigenvalue weighted by Crippen LogP contribution is 2.24. The molecule has 1 saturated carbocycles. The topological polar surface area (TPSA) is 88.3 Å². The fourth-order valence-corrected chi connectivity index (χ4v) is 2.78. The number of nitro groups is 1. The fourth-order valence-electron chi connectivity index (χ4n) is 2.78. The second-order valence-electron chi connectivity index (χ2n) is 5.43. The van der Waals surface area contributed by atoms with Gasteiger partial charge >= 0.3 is 0 Å². The van der Waals surface area contributed by atoms with E-state index in [2.05, 4.69) is 10.3 Å². The molecule has 1 heterocycles. The summed E-state index contributed by atoms with van der Waals surface area (Å²) in [6.45, 7) is 0. The molecule has 1 aromatic carbocycles. The predicted octanol–water partition coefficient (Wildman–Crippen LogP) is 2.86. The molecule has 2 atom stereocenters. The van der Waals surface area contributed by atoms with Crippen LogP contribution in [0, 0.1) is 10.1 Å². The Kier molecular flexibility index (Phi) is 3.70. The lowest BCUT2D eigenvalue weighted by molar-refractivity contribution is -0.384.